The second-order valence-corrected chi connectivity index (χ2v) is 14.5. The molecule has 3 aliphatic carbocycles. The summed E-state index contributed by atoms with van der Waals surface area (Å²) in [6.07, 6.45) is 19.4. The normalized spacial score (nSPS) is 27.6. The lowest BCUT2D eigenvalue weighted by molar-refractivity contribution is -0.161. The number of imide groups is 4. The largest absolute Gasteiger partial charge is 0.501 e. The molecule has 5 aliphatic rings. The highest BCUT2D eigenvalue weighted by molar-refractivity contribution is 6.21. The Hall–Kier alpha value is -5.46. The number of amides is 8. The number of hydrogen-bond donors (Lipinski definition) is 0. The van der Waals surface area contributed by atoms with Crippen LogP contribution in [0, 0.1) is 35.0 Å². The molecule has 1 aromatic rings. The lowest BCUT2D eigenvalue weighted by atomic mass is 9.69. The van der Waals surface area contributed by atoms with Crippen LogP contribution in [0.15, 0.2) is 78.6 Å². The van der Waals surface area contributed by atoms with E-state index in [0.717, 1.165) is 45.3 Å². The number of ketones is 2. The van der Waals surface area contributed by atoms with E-state index in [1.54, 1.807) is 68.8 Å². The Balaban J connectivity index is 0.000000239. The molecule has 2 heterocycles. The van der Waals surface area contributed by atoms with Crippen molar-refractivity contribution in [3.63, 3.8) is 0 Å². The third-order valence-corrected chi connectivity index (χ3v) is 11.1. The monoisotopic (exact) mass is 769 g/mol. The molecule has 13 nitrogen and oxygen atoms in total. The molecule has 0 aromatic heterocycles. The number of carbonyl (C=O) groups is 8. The molecule has 0 bridgehead atoms. The first-order valence-electron chi connectivity index (χ1n) is 19.2. The third kappa shape index (κ3) is 8.36. The number of urea groups is 2. The van der Waals surface area contributed by atoms with Crippen molar-refractivity contribution in [1.29, 1.82) is 0 Å². The first kappa shape index (κ1) is 43.3. The van der Waals surface area contributed by atoms with Crippen molar-refractivity contribution in [1.82, 2.24) is 19.6 Å². The van der Waals surface area contributed by atoms with Gasteiger partial charge in [0.2, 0.25) is 23.6 Å². The van der Waals surface area contributed by atoms with Crippen molar-refractivity contribution < 1.29 is 43.1 Å². The first-order valence-corrected chi connectivity index (χ1v) is 19.2. The fourth-order valence-corrected chi connectivity index (χ4v) is 7.66. The highest BCUT2D eigenvalue weighted by Gasteiger charge is 2.58. The lowest BCUT2D eigenvalue weighted by Crippen LogP contribution is -2.66. The molecule has 5 unspecified atom stereocenters. The molecule has 8 amide bonds. The van der Waals surface area contributed by atoms with Crippen LogP contribution >= 0.6 is 0 Å². The number of allylic oxidation sites excluding steroid dienone is 7. The van der Waals surface area contributed by atoms with Gasteiger partial charge in [-0.05, 0) is 70.3 Å². The molecule has 2 saturated heterocycles. The maximum Gasteiger partial charge on any atom is 0.333 e. The summed E-state index contributed by atoms with van der Waals surface area (Å²) < 4.78 is 5.14. The summed E-state index contributed by atoms with van der Waals surface area (Å²) in [4.78, 5) is 106. The van der Waals surface area contributed by atoms with Gasteiger partial charge in [0, 0.05) is 26.1 Å². The van der Waals surface area contributed by atoms with Gasteiger partial charge in [-0.2, -0.15) is 0 Å². The zero-order chi connectivity index (χ0) is 41.4. The molecule has 0 spiro atoms. The lowest BCUT2D eigenvalue weighted by Gasteiger charge is -2.44. The molecule has 2 aliphatic heterocycles. The number of nitrogens with zero attached hydrogens (tertiary/aromatic N) is 4. The Morgan fingerprint density at radius 3 is 1.64 bits per heavy atom. The van der Waals surface area contributed by atoms with Crippen molar-refractivity contribution in [3.8, 4) is 0 Å². The number of benzene rings is 1. The molecule has 0 N–H and O–H groups in total. The molecule has 2 fully saturated rings. The van der Waals surface area contributed by atoms with E-state index in [2.05, 4.69) is 0 Å². The molecule has 1 aromatic carbocycles. The minimum Gasteiger partial charge on any atom is -0.501 e. The summed E-state index contributed by atoms with van der Waals surface area (Å²) in [5, 5.41) is 0. The van der Waals surface area contributed by atoms with Crippen molar-refractivity contribution in [3.05, 3.63) is 90.6 Å². The second kappa shape index (κ2) is 18.4. The van der Waals surface area contributed by atoms with Gasteiger partial charge in [-0.3, -0.25) is 48.4 Å². The van der Waals surface area contributed by atoms with Gasteiger partial charge in [0.05, 0.1) is 26.1 Å². The molecular formula is C43H53N4O9. The van der Waals surface area contributed by atoms with E-state index in [9.17, 15) is 38.4 Å². The second-order valence-electron chi connectivity index (χ2n) is 14.5. The van der Waals surface area contributed by atoms with Crippen LogP contribution in [0.4, 0.5) is 9.59 Å². The minimum atomic E-state index is -1.39. The van der Waals surface area contributed by atoms with Gasteiger partial charge in [-0.1, -0.05) is 80.6 Å². The number of ether oxygens (including phenoxy) is 1. The fraction of sp³-hybridized carbons (Fsp3) is 0.465. The number of Topliss-reactive ketones (excluding diaryl/α,β-unsaturated/α-hetero) is 2. The van der Waals surface area contributed by atoms with Gasteiger partial charge in [-0.15, -0.1) is 0 Å². The average molecular weight is 770 g/mol. The molecule has 0 saturated carbocycles. The van der Waals surface area contributed by atoms with E-state index in [1.807, 2.05) is 38.2 Å². The van der Waals surface area contributed by atoms with Crippen LogP contribution in [0.2, 0.25) is 0 Å². The predicted octanol–water partition coefficient (Wildman–Crippen LogP) is 5.94. The zero-order valence-corrected chi connectivity index (χ0v) is 33.4. The van der Waals surface area contributed by atoms with Gasteiger partial charge in [0.25, 0.3) is 0 Å². The maximum absolute atomic E-state index is 13.3. The van der Waals surface area contributed by atoms with Crippen LogP contribution in [0.25, 0.3) is 0 Å². The molecule has 299 valence electrons. The van der Waals surface area contributed by atoms with Crippen LogP contribution in [-0.2, 0) is 28.7 Å². The third-order valence-electron chi connectivity index (χ3n) is 11.1. The topological polar surface area (TPSA) is 159 Å². The van der Waals surface area contributed by atoms with Gasteiger partial charge in [-0.25, -0.2) is 9.59 Å². The standard InChI is InChI=1S/C21H25N2O5.C20H22N2O4.C2H6/c1-21(15-9-5-4-6-10-15)18(25)22(2)20(27)23(19(21)26)13-17(24)14-8-7-11-16(12-14)28-3;1-20(15-11-7-4-8-12-15)17(24)21(2)19(26)22(18(20)25)13-16(23)14-9-5-3-6-10-14;1-2/h5,7-9,11-12,14-15H,4,6,10,13H2,1-3H3;3,5-7,9-11,15H,4,8,12-13H2,1-2H3;1-2H3. The molecule has 6 rings (SSSR count). The summed E-state index contributed by atoms with van der Waals surface area (Å²) in [6, 6.07) is 6.99. The number of rotatable bonds is 9. The quantitative estimate of drug-likeness (QED) is 0.168. The number of barbiturate groups is 2. The Morgan fingerprint density at radius 2 is 1.20 bits per heavy atom. The molecule has 56 heavy (non-hydrogen) atoms. The maximum atomic E-state index is 13.3. The van der Waals surface area contributed by atoms with Gasteiger partial charge in [0.15, 0.2) is 11.6 Å². The summed E-state index contributed by atoms with van der Waals surface area (Å²) in [7, 11) is 4.23. The smallest absolute Gasteiger partial charge is 0.333 e. The van der Waals surface area contributed by atoms with Crippen LogP contribution < -0.4 is 0 Å². The van der Waals surface area contributed by atoms with E-state index < -0.39 is 52.4 Å². The van der Waals surface area contributed by atoms with E-state index in [1.165, 1.54) is 21.2 Å². The molecule has 5 atom stereocenters. The van der Waals surface area contributed by atoms with Crippen LogP contribution in [0.1, 0.15) is 76.6 Å². The van der Waals surface area contributed by atoms with E-state index >= 15 is 0 Å². The number of methoxy groups -OCH3 is 1. The Morgan fingerprint density at radius 1 is 0.714 bits per heavy atom. The zero-order valence-electron chi connectivity index (χ0n) is 33.4. The van der Waals surface area contributed by atoms with Crippen molar-refractivity contribution in [2.75, 3.05) is 34.3 Å². The van der Waals surface area contributed by atoms with Crippen LogP contribution in [-0.4, -0.2) is 101 Å². The van der Waals surface area contributed by atoms with Crippen LogP contribution in [0.5, 0.6) is 0 Å². The molecule has 13 heteroatoms. The first-order chi connectivity index (χ1) is 26.7. The SMILES string of the molecule is CC.CN1C(=O)N(CC(=O)c2ccccc2)C(=O)C(C)(C2C=CCCC2)C1=O.COC1=CC(C(=O)CN2C(=O)N(C)C(=O)C(C)(C3C=CCCC3)C2=O)C=C[CH]1. The fourth-order valence-electron chi connectivity index (χ4n) is 7.66. The van der Waals surface area contributed by atoms with E-state index in [-0.39, 0.29) is 36.5 Å². The van der Waals surface area contributed by atoms with Crippen molar-refractivity contribution in [2.45, 2.75) is 66.2 Å². The summed E-state index contributed by atoms with van der Waals surface area (Å²) in [5.74, 6) is -3.49. The van der Waals surface area contributed by atoms with Gasteiger partial charge >= 0.3 is 12.1 Å². The van der Waals surface area contributed by atoms with Crippen molar-refractivity contribution in [2.24, 2.45) is 28.6 Å². The predicted molar refractivity (Wildman–Crippen MR) is 208 cm³/mol. The Kier molecular flexibility index (Phi) is 14.3. The van der Waals surface area contributed by atoms with Gasteiger partial charge < -0.3 is 4.74 Å². The van der Waals surface area contributed by atoms with Crippen molar-refractivity contribution >= 4 is 47.3 Å². The molecule has 1 radical (unpaired) electrons. The van der Waals surface area contributed by atoms with Crippen LogP contribution in [0.3, 0.4) is 0 Å². The summed E-state index contributed by atoms with van der Waals surface area (Å²) in [5.41, 5.74) is -2.33. The average Bonchev–Trinajstić information content (AvgIpc) is 3.25. The highest BCUT2D eigenvalue weighted by atomic mass is 16.5. The summed E-state index contributed by atoms with van der Waals surface area (Å²) >= 11 is 0. The van der Waals surface area contributed by atoms with E-state index in [0.29, 0.717) is 24.2 Å². The Bertz CT molecular complexity index is 1850. The Labute approximate surface area is 329 Å². The number of hydrogen-bond acceptors (Lipinski definition) is 9. The highest BCUT2D eigenvalue weighted by Crippen LogP contribution is 2.42. The van der Waals surface area contributed by atoms with Gasteiger partial charge in [0.1, 0.15) is 16.6 Å². The molecular weight excluding hydrogens is 716 g/mol. The number of carbonyl (C=O) groups excluding carboxylic acids is 8. The van der Waals surface area contributed by atoms with E-state index in [4.69, 9.17) is 4.74 Å². The summed E-state index contributed by atoms with van der Waals surface area (Å²) in [6.45, 7) is 6.41. The minimum absolute atomic E-state index is 0.277.